The molecule has 75 heavy (non-hydrogen) atoms. The van der Waals surface area contributed by atoms with Crippen LogP contribution in [0.4, 0.5) is 0 Å². The zero-order valence-electron chi connectivity index (χ0n) is 43.5. The standard InChI is InChI=1S/2C30H22O.C12H20.Ti/c31-30-27(23-15-7-2-8-16-23)21-26(22-13-5-1-6-14-22)28(24-17-9-3-10-18-24)29(30)25-19-11-4-12-20-25;31-30-28(24-17-9-3-10-18-24)26(22-13-5-1-6-14-22)21-27(23-15-7-2-8-16-23)29(30)25-19-11-4-12-20-25;1-5-9-11(7-3)12(8-4)10-6-2;/h2*1-21,31H;5-8H2,1-4H3;/q;;-2;+2. The molecule has 0 radical (unpaired) electrons. The van der Waals surface area contributed by atoms with Gasteiger partial charge in [0.25, 0.3) is 0 Å². The van der Waals surface area contributed by atoms with Gasteiger partial charge in [-0.1, -0.05) is 270 Å². The van der Waals surface area contributed by atoms with Gasteiger partial charge in [0.05, 0.1) is 0 Å². The number of aromatic hydroxyl groups is 2. The first kappa shape index (κ1) is 54.8. The van der Waals surface area contributed by atoms with Crippen molar-refractivity contribution < 1.29 is 31.9 Å². The zero-order valence-corrected chi connectivity index (χ0v) is 45.0. The van der Waals surface area contributed by atoms with E-state index in [9.17, 15) is 10.2 Å². The first-order chi connectivity index (χ1) is 36.4. The van der Waals surface area contributed by atoms with E-state index in [1.165, 1.54) is 11.1 Å². The van der Waals surface area contributed by atoms with Gasteiger partial charge in [-0.2, -0.15) is 0 Å². The number of hydrogen-bond donors (Lipinski definition) is 2. The first-order valence-electron chi connectivity index (χ1n) is 25.9. The van der Waals surface area contributed by atoms with Crippen molar-refractivity contribution in [1.82, 2.24) is 0 Å². The van der Waals surface area contributed by atoms with Crippen LogP contribution in [0.25, 0.3) is 89.0 Å². The smallest absolute Gasteiger partial charge is 0.507 e. The van der Waals surface area contributed by atoms with Gasteiger partial charge in [-0.05, 0) is 73.3 Å². The Hall–Kier alpha value is -8.01. The Morgan fingerprint density at radius 2 is 0.507 bits per heavy atom. The number of phenolic OH excluding ortho intramolecular Hbond substituents is 2. The molecule has 0 aliphatic carbocycles. The van der Waals surface area contributed by atoms with Crippen LogP contribution in [0.2, 0.25) is 0 Å². The minimum absolute atomic E-state index is 0. The summed E-state index contributed by atoms with van der Waals surface area (Å²) in [5.74, 6) is 0.605. The molecule has 0 bridgehead atoms. The van der Waals surface area contributed by atoms with Gasteiger partial charge in [-0.3, -0.25) is 0 Å². The van der Waals surface area contributed by atoms with Crippen molar-refractivity contribution in [2.75, 3.05) is 0 Å². The monoisotopic (exact) mass is 1010 g/mol. The molecule has 10 aromatic rings. The Labute approximate surface area is 461 Å². The molecule has 2 nitrogen and oxygen atoms in total. The summed E-state index contributed by atoms with van der Waals surface area (Å²) in [6.07, 6.45) is 11.0. The van der Waals surface area contributed by atoms with Crippen LogP contribution < -0.4 is 0 Å². The van der Waals surface area contributed by atoms with E-state index in [0.29, 0.717) is 11.5 Å². The van der Waals surface area contributed by atoms with E-state index in [1.54, 1.807) is 0 Å². The summed E-state index contributed by atoms with van der Waals surface area (Å²) in [6.45, 7) is 8.64. The summed E-state index contributed by atoms with van der Waals surface area (Å²) >= 11 is 0. The normalized spacial score (nSPS) is 11.0. The van der Waals surface area contributed by atoms with Crippen molar-refractivity contribution in [3.05, 3.63) is 278 Å². The van der Waals surface area contributed by atoms with Crippen LogP contribution in [-0.2, 0) is 21.7 Å². The van der Waals surface area contributed by atoms with Crippen molar-refractivity contribution in [2.45, 2.75) is 53.4 Å². The quantitative estimate of drug-likeness (QED) is 0.0686. The Bertz CT molecular complexity index is 3250. The largest absolute Gasteiger partial charge is 2.00 e. The van der Waals surface area contributed by atoms with Crippen molar-refractivity contribution >= 4 is 0 Å². The van der Waals surface area contributed by atoms with Crippen molar-refractivity contribution in [1.29, 1.82) is 0 Å². The predicted molar refractivity (Wildman–Crippen MR) is 314 cm³/mol. The summed E-state index contributed by atoms with van der Waals surface area (Å²) in [5, 5.41) is 23.4. The van der Waals surface area contributed by atoms with Gasteiger partial charge in [0.1, 0.15) is 11.5 Å². The average Bonchev–Trinajstić information content (AvgIpc) is 3.48. The fourth-order valence-electron chi connectivity index (χ4n) is 9.62. The van der Waals surface area contributed by atoms with E-state index in [0.717, 1.165) is 115 Å². The molecule has 0 saturated carbocycles. The molecule has 3 heteroatoms. The second kappa shape index (κ2) is 27.9. The number of rotatable bonds is 13. The zero-order chi connectivity index (χ0) is 51.5. The van der Waals surface area contributed by atoms with E-state index in [1.807, 2.05) is 146 Å². The molecule has 10 aromatic carbocycles. The topological polar surface area (TPSA) is 40.5 Å². The van der Waals surface area contributed by atoms with Crippen LogP contribution in [0.3, 0.4) is 0 Å². The van der Waals surface area contributed by atoms with Gasteiger partial charge in [-0.15, -0.1) is 25.7 Å². The summed E-state index contributed by atoms with van der Waals surface area (Å²) in [7, 11) is 0. The second-order valence-corrected chi connectivity index (χ2v) is 17.8. The molecule has 10 rings (SSSR count). The minimum Gasteiger partial charge on any atom is -0.507 e. The van der Waals surface area contributed by atoms with Crippen LogP contribution in [0.1, 0.15) is 53.4 Å². The predicted octanol–water partition coefficient (Wildman–Crippen LogP) is 20.2. The molecule has 0 atom stereocenters. The van der Waals surface area contributed by atoms with Crippen molar-refractivity contribution in [2.24, 2.45) is 0 Å². The molecule has 0 unspecified atom stereocenters. The molecule has 0 aliphatic heterocycles. The van der Waals surface area contributed by atoms with Gasteiger partial charge < -0.3 is 33.5 Å². The number of benzene rings is 10. The Morgan fingerprint density at radius 3 is 0.787 bits per heavy atom. The van der Waals surface area contributed by atoms with Gasteiger partial charge in [0.2, 0.25) is 0 Å². The number of phenols is 2. The maximum atomic E-state index is 11.8. The van der Waals surface area contributed by atoms with E-state index in [4.69, 9.17) is 0 Å². The molecule has 0 heterocycles. The summed E-state index contributed by atoms with van der Waals surface area (Å²) in [6, 6.07) is 86.1. The molecule has 0 aromatic heterocycles. The van der Waals surface area contributed by atoms with Gasteiger partial charge >= 0.3 is 21.7 Å². The second-order valence-electron chi connectivity index (χ2n) is 17.8. The van der Waals surface area contributed by atoms with Crippen LogP contribution in [0.5, 0.6) is 11.5 Å². The fraction of sp³-hybridized carbons (Fsp3) is 0.111. The molecule has 0 saturated heterocycles. The molecule has 0 aliphatic rings. The van der Waals surface area contributed by atoms with E-state index in [-0.39, 0.29) is 21.7 Å². The Balaban J connectivity index is 0.000000179. The van der Waals surface area contributed by atoms with Gasteiger partial charge in [0.15, 0.2) is 0 Å². The number of allylic oxidation sites excluding steroid dienone is 4. The minimum atomic E-state index is 0. The molecular weight excluding hydrogens is 945 g/mol. The maximum Gasteiger partial charge on any atom is 2.00 e. The fourth-order valence-corrected chi connectivity index (χ4v) is 9.62. The Kier molecular flexibility index (Phi) is 20.4. The maximum absolute atomic E-state index is 11.8. The van der Waals surface area contributed by atoms with Crippen molar-refractivity contribution in [3.8, 4) is 101 Å². The molecular formula is C72H64O2Ti. The number of hydrogen-bond acceptors (Lipinski definition) is 2. The van der Waals surface area contributed by atoms with Crippen LogP contribution in [0.15, 0.2) is 266 Å². The third kappa shape index (κ3) is 13.4. The SMILES string of the molecule is CC[C-]=C(CC)C(=[C-]CC)CC.Oc1c(-c2ccccc2)c(-c2ccccc2)cc(-c2ccccc2)c1-c1ccccc1.Oc1c(-c2ccccc2)cc(-c2ccccc2)c(-c2ccccc2)c1-c1ccccc1.[Ti+2]. The third-order valence-electron chi connectivity index (χ3n) is 13.0. The third-order valence-corrected chi connectivity index (χ3v) is 13.0. The Morgan fingerprint density at radius 1 is 0.280 bits per heavy atom. The molecule has 0 amide bonds. The van der Waals surface area contributed by atoms with Crippen LogP contribution >= 0.6 is 0 Å². The van der Waals surface area contributed by atoms with Crippen LogP contribution in [-0.4, -0.2) is 10.2 Å². The first-order valence-corrected chi connectivity index (χ1v) is 25.9. The average molecular weight is 1010 g/mol. The molecule has 0 spiro atoms. The van der Waals surface area contributed by atoms with E-state index >= 15 is 0 Å². The van der Waals surface area contributed by atoms with Crippen LogP contribution in [0, 0.1) is 12.2 Å². The van der Waals surface area contributed by atoms with Gasteiger partial charge in [-0.25, -0.2) is 0 Å². The summed E-state index contributed by atoms with van der Waals surface area (Å²) < 4.78 is 0. The summed E-state index contributed by atoms with van der Waals surface area (Å²) in [4.78, 5) is 0. The molecule has 2 N–H and O–H groups in total. The molecule has 368 valence electrons. The van der Waals surface area contributed by atoms with E-state index < -0.39 is 0 Å². The van der Waals surface area contributed by atoms with Crippen molar-refractivity contribution in [3.63, 3.8) is 0 Å². The van der Waals surface area contributed by atoms with Gasteiger partial charge in [0, 0.05) is 27.8 Å². The molecule has 0 fully saturated rings. The van der Waals surface area contributed by atoms with E-state index in [2.05, 4.69) is 149 Å². The summed E-state index contributed by atoms with van der Waals surface area (Å²) in [5.41, 5.74) is 18.6.